The van der Waals surface area contributed by atoms with Crippen LogP contribution in [0.3, 0.4) is 0 Å². The summed E-state index contributed by atoms with van der Waals surface area (Å²) in [6.07, 6.45) is 2.17. The van der Waals surface area contributed by atoms with Crippen molar-refractivity contribution in [1.82, 2.24) is 15.1 Å². The van der Waals surface area contributed by atoms with Gasteiger partial charge in [-0.3, -0.25) is 4.79 Å². The van der Waals surface area contributed by atoms with Crippen molar-refractivity contribution < 1.29 is 9.21 Å². The van der Waals surface area contributed by atoms with Crippen molar-refractivity contribution >= 4 is 17.7 Å². The first-order valence-corrected chi connectivity index (χ1v) is 9.27. The number of carbonyl (C=O) groups excluding carboxylic acids is 1. The predicted molar refractivity (Wildman–Crippen MR) is 94.8 cm³/mol. The van der Waals surface area contributed by atoms with Gasteiger partial charge in [-0.05, 0) is 44.7 Å². The van der Waals surface area contributed by atoms with Gasteiger partial charge in [0, 0.05) is 18.7 Å². The number of hydrogen-bond acceptors (Lipinski definition) is 5. The Kier molecular flexibility index (Phi) is 5.23. The Morgan fingerprint density at radius 3 is 2.58 bits per heavy atom. The third-order valence-electron chi connectivity index (χ3n) is 4.43. The van der Waals surface area contributed by atoms with E-state index in [1.54, 1.807) is 0 Å². The molecule has 1 amide bonds. The molecule has 1 aromatic heterocycles. The highest BCUT2D eigenvalue weighted by molar-refractivity contribution is 8.00. The van der Waals surface area contributed by atoms with Gasteiger partial charge in [0.1, 0.15) is 0 Å². The molecule has 5 nitrogen and oxygen atoms in total. The highest BCUT2D eigenvalue weighted by Gasteiger charge is 2.26. The van der Waals surface area contributed by atoms with Crippen LogP contribution in [0, 0.1) is 12.8 Å². The smallest absolute Gasteiger partial charge is 0.277 e. The number of aryl methyl sites for hydroxylation is 1. The second-order valence-corrected chi connectivity index (χ2v) is 7.80. The molecule has 1 aliphatic rings. The molecule has 1 atom stereocenters. The van der Waals surface area contributed by atoms with Crippen molar-refractivity contribution in [1.29, 1.82) is 0 Å². The Hall–Kier alpha value is -1.82. The van der Waals surface area contributed by atoms with Gasteiger partial charge in [-0.15, -0.1) is 10.2 Å². The molecular formula is C18H23N3O2S. The largest absolute Gasteiger partial charge is 0.411 e. The molecule has 1 saturated heterocycles. The van der Waals surface area contributed by atoms with E-state index in [9.17, 15) is 4.79 Å². The first-order valence-electron chi connectivity index (χ1n) is 8.39. The topological polar surface area (TPSA) is 59.2 Å². The van der Waals surface area contributed by atoms with Gasteiger partial charge in [0.25, 0.3) is 5.22 Å². The minimum atomic E-state index is -0.218. The van der Waals surface area contributed by atoms with E-state index in [0.717, 1.165) is 31.5 Å². The van der Waals surface area contributed by atoms with Crippen LogP contribution in [-0.4, -0.2) is 39.3 Å². The molecule has 0 bridgehead atoms. The standard InChI is InChI=1S/C18H23N3O2S/c1-12-4-6-15(7-5-12)16-19-20-18(23-16)24-14(3)17(22)21-10-8-13(2)9-11-21/h4-7,13-14H,8-11H2,1-3H3/t14-/m0/s1. The predicted octanol–water partition coefficient (Wildman–Crippen LogP) is 3.78. The van der Waals surface area contributed by atoms with Crippen LogP contribution in [0.25, 0.3) is 11.5 Å². The minimum Gasteiger partial charge on any atom is -0.411 e. The third-order valence-corrected chi connectivity index (χ3v) is 5.35. The fraction of sp³-hybridized carbons (Fsp3) is 0.500. The molecule has 1 aromatic carbocycles. The third kappa shape index (κ3) is 3.98. The Balaban J connectivity index is 1.61. The van der Waals surface area contributed by atoms with Crippen LogP contribution in [-0.2, 0) is 4.79 Å². The van der Waals surface area contributed by atoms with E-state index in [2.05, 4.69) is 17.1 Å². The summed E-state index contributed by atoms with van der Waals surface area (Å²) in [6, 6.07) is 7.94. The maximum atomic E-state index is 12.5. The van der Waals surface area contributed by atoms with Gasteiger partial charge in [0.2, 0.25) is 11.8 Å². The molecule has 3 rings (SSSR count). The van der Waals surface area contributed by atoms with Gasteiger partial charge in [-0.25, -0.2) is 0 Å². The molecule has 0 aliphatic carbocycles. The SMILES string of the molecule is Cc1ccc(-c2nnc(S[C@@H](C)C(=O)N3CCC(C)CC3)o2)cc1. The molecule has 1 fully saturated rings. The van der Waals surface area contributed by atoms with E-state index >= 15 is 0 Å². The van der Waals surface area contributed by atoms with Crippen molar-refractivity contribution in [2.45, 2.75) is 44.1 Å². The van der Waals surface area contributed by atoms with Crippen molar-refractivity contribution in [3.05, 3.63) is 29.8 Å². The quantitative estimate of drug-likeness (QED) is 0.789. The number of thioether (sulfide) groups is 1. The summed E-state index contributed by atoms with van der Waals surface area (Å²) in [5.74, 6) is 1.36. The number of benzene rings is 1. The number of likely N-dealkylation sites (tertiary alicyclic amines) is 1. The van der Waals surface area contributed by atoms with Crippen molar-refractivity contribution in [2.75, 3.05) is 13.1 Å². The second kappa shape index (κ2) is 7.38. The Bertz CT molecular complexity index is 691. The molecule has 6 heteroatoms. The molecule has 24 heavy (non-hydrogen) atoms. The van der Waals surface area contributed by atoms with E-state index in [1.165, 1.54) is 17.3 Å². The lowest BCUT2D eigenvalue weighted by Crippen LogP contribution is -2.41. The Morgan fingerprint density at radius 1 is 1.25 bits per heavy atom. The fourth-order valence-corrected chi connectivity index (χ4v) is 3.53. The summed E-state index contributed by atoms with van der Waals surface area (Å²) < 4.78 is 5.70. The summed E-state index contributed by atoms with van der Waals surface area (Å²) in [7, 11) is 0. The van der Waals surface area contributed by atoms with E-state index < -0.39 is 0 Å². The second-order valence-electron chi connectivity index (χ2n) is 6.51. The summed E-state index contributed by atoms with van der Waals surface area (Å²) in [5, 5.41) is 8.38. The van der Waals surface area contributed by atoms with Crippen LogP contribution in [0.1, 0.15) is 32.3 Å². The van der Waals surface area contributed by atoms with Crippen molar-refractivity contribution in [3.63, 3.8) is 0 Å². The van der Waals surface area contributed by atoms with Crippen LogP contribution in [0.15, 0.2) is 33.9 Å². The molecule has 0 N–H and O–H groups in total. The molecule has 128 valence electrons. The monoisotopic (exact) mass is 345 g/mol. The minimum absolute atomic E-state index is 0.155. The van der Waals surface area contributed by atoms with Crippen LogP contribution < -0.4 is 0 Å². The molecule has 0 radical (unpaired) electrons. The average molecular weight is 345 g/mol. The molecule has 2 heterocycles. The summed E-state index contributed by atoms with van der Waals surface area (Å²) in [6.45, 7) is 7.88. The molecule has 2 aromatic rings. The highest BCUT2D eigenvalue weighted by atomic mass is 32.2. The summed E-state index contributed by atoms with van der Waals surface area (Å²) >= 11 is 1.33. The van der Waals surface area contributed by atoms with Gasteiger partial charge < -0.3 is 9.32 Å². The van der Waals surface area contributed by atoms with Crippen LogP contribution >= 0.6 is 11.8 Å². The van der Waals surface area contributed by atoms with E-state index in [0.29, 0.717) is 17.0 Å². The zero-order valence-electron chi connectivity index (χ0n) is 14.4. The van der Waals surface area contributed by atoms with Gasteiger partial charge in [0.15, 0.2) is 0 Å². The number of hydrogen-bond donors (Lipinski definition) is 0. The van der Waals surface area contributed by atoms with Gasteiger partial charge in [-0.2, -0.15) is 0 Å². The maximum Gasteiger partial charge on any atom is 0.277 e. The molecular weight excluding hydrogens is 322 g/mol. The fourth-order valence-electron chi connectivity index (χ4n) is 2.76. The normalized spacial score (nSPS) is 17.0. The lowest BCUT2D eigenvalue weighted by atomic mass is 9.99. The molecule has 1 aliphatic heterocycles. The van der Waals surface area contributed by atoms with E-state index in [1.807, 2.05) is 43.0 Å². The zero-order chi connectivity index (χ0) is 17.1. The average Bonchev–Trinajstić information content (AvgIpc) is 3.04. The molecule has 0 unspecified atom stereocenters. The van der Waals surface area contributed by atoms with Gasteiger partial charge in [-0.1, -0.05) is 36.4 Å². The highest BCUT2D eigenvalue weighted by Crippen LogP contribution is 2.28. The zero-order valence-corrected chi connectivity index (χ0v) is 15.2. The summed E-state index contributed by atoms with van der Waals surface area (Å²) in [4.78, 5) is 14.5. The van der Waals surface area contributed by atoms with Crippen LogP contribution in [0.2, 0.25) is 0 Å². The maximum absolute atomic E-state index is 12.5. The van der Waals surface area contributed by atoms with Crippen LogP contribution in [0.5, 0.6) is 0 Å². The summed E-state index contributed by atoms with van der Waals surface area (Å²) in [5.41, 5.74) is 2.08. The van der Waals surface area contributed by atoms with Gasteiger partial charge in [0.05, 0.1) is 5.25 Å². The van der Waals surface area contributed by atoms with Crippen molar-refractivity contribution in [3.8, 4) is 11.5 Å². The molecule has 0 saturated carbocycles. The lowest BCUT2D eigenvalue weighted by Gasteiger charge is -2.31. The first kappa shape index (κ1) is 17.0. The Labute approximate surface area is 146 Å². The van der Waals surface area contributed by atoms with Crippen LogP contribution in [0.4, 0.5) is 0 Å². The van der Waals surface area contributed by atoms with Gasteiger partial charge >= 0.3 is 0 Å². The number of piperidine rings is 1. The lowest BCUT2D eigenvalue weighted by molar-refractivity contribution is -0.131. The first-order chi connectivity index (χ1) is 11.5. The number of nitrogens with zero attached hydrogens (tertiary/aromatic N) is 3. The van der Waals surface area contributed by atoms with E-state index in [4.69, 9.17) is 4.42 Å². The van der Waals surface area contributed by atoms with Crippen molar-refractivity contribution in [2.24, 2.45) is 5.92 Å². The number of rotatable bonds is 4. The van der Waals surface area contributed by atoms with E-state index in [-0.39, 0.29) is 11.2 Å². The molecule has 0 spiro atoms. The number of amides is 1. The number of aromatic nitrogens is 2. The Morgan fingerprint density at radius 2 is 1.92 bits per heavy atom. The number of carbonyl (C=O) groups is 1.